The number of nitrogens with zero attached hydrogens (tertiary/aromatic N) is 2. The van der Waals surface area contributed by atoms with E-state index in [1.807, 2.05) is 0 Å². The number of hydrogen-bond donors (Lipinski definition) is 1. The van der Waals surface area contributed by atoms with Crippen LogP contribution < -0.4 is 10.2 Å². The molecular formula is C15H19N3. The van der Waals surface area contributed by atoms with Crippen molar-refractivity contribution in [3.63, 3.8) is 0 Å². The number of nitrogens with one attached hydrogen (secondary N) is 1. The molecule has 3 rings (SSSR count). The standard InChI is InChI=1S/C15H19N3/c1-13-2-4-14(5-3-13)18-9-6-15(12-18)17-10-7-16-8-11-17/h2-6,9,12,16H,7-8,10-11H2,1H3. The van der Waals surface area contributed by atoms with Gasteiger partial charge >= 0.3 is 0 Å². The van der Waals surface area contributed by atoms with E-state index in [4.69, 9.17) is 0 Å². The smallest absolute Gasteiger partial charge is 0.0550 e. The van der Waals surface area contributed by atoms with Gasteiger partial charge in [0.1, 0.15) is 0 Å². The Labute approximate surface area is 108 Å². The minimum Gasteiger partial charge on any atom is -0.368 e. The van der Waals surface area contributed by atoms with Gasteiger partial charge in [-0.05, 0) is 25.1 Å². The van der Waals surface area contributed by atoms with E-state index in [0.29, 0.717) is 0 Å². The van der Waals surface area contributed by atoms with Crippen molar-refractivity contribution >= 4 is 5.69 Å². The first-order valence-corrected chi connectivity index (χ1v) is 6.54. The van der Waals surface area contributed by atoms with Crippen LogP contribution in [0.3, 0.4) is 0 Å². The molecule has 0 spiro atoms. The molecule has 2 aromatic rings. The monoisotopic (exact) mass is 241 g/mol. The van der Waals surface area contributed by atoms with Crippen molar-refractivity contribution in [2.45, 2.75) is 6.92 Å². The third kappa shape index (κ3) is 2.27. The SMILES string of the molecule is Cc1ccc(-n2ccc(N3CCNCC3)c2)cc1. The molecule has 0 atom stereocenters. The van der Waals surface area contributed by atoms with Crippen LogP contribution in [0.1, 0.15) is 5.56 Å². The van der Waals surface area contributed by atoms with Gasteiger partial charge in [0.25, 0.3) is 0 Å². The lowest BCUT2D eigenvalue weighted by Gasteiger charge is -2.28. The van der Waals surface area contributed by atoms with Gasteiger partial charge in [0.15, 0.2) is 0 Å². The van der Waals surface area contributed by atoms with Crippen LogP contribution >= 0.6 is 0 Å². The maximum Gasteiger partial charge on any atom is 0.0550 e. The van der Waals surface area contributed by atoms with E-state index >= 15 is 0 Å². The molecule has 94 valence electrons. The Morgan fingerprint density at radius 3 is 2.39 bits per heavy atom. The molecule has 18 heavy (non-hydrogen) atoms. The van der Waals surface area contributed by atoms with E-state index in [-0.39, 0.29) is 0 Å². The lowest BCUT2D eigenvalue weighted by molar-refractivity contribution is 0.589. The van der Waals surface area contributed by atoms with Gasteiger partial charge in [-0.3, -0.25) is 0 Å². The van der Waals surface area contributed by atoms with Crippen LogP contribution in [0, 0.1) is 6.92 Å². The number of benzene rings is 1. The highest BCUT2D eigenvalue weighted by Gasteiger charge is 2.11. The Bertz CT molecular complexity index is 507. The summed E-state index contributed by atoms with van der Waals surface area (Å²) in [4.78, 5) is 2.43. The maximum atomic E-state index is 3.38. The number of rotatable bonds is 2. The van der Waals surface area contributed by atoms with Gasteiger partial charge in [0.05, 0.1) is 5.69 Å². The first kappa shape index (κ1) is 11.4. The third-order valence-corrected chi connectivity index (χ3v) is 3.49. The van der Waals surface area contributed by atoms with E-state index in [0.717, 1.165) is 26.2 Å². The molecule has 1 N–H and O–H groups in total. The minimum atomic E-state index is 1.08. The molecule has 0 amide bonds. The summed E-state index contributed by atoms with van der Waals surface area (Å²) in [6.07, 6.45) is 4.36. The number of piperazine rings is 1. The molecule has 1 aliphatic heterocycles. The van der Waals surface area contributed by atoms with Crippen LogP contribution in [0.15, 0.2) is 42.7 Å². The van der Waals surface area contributed by atoms with Gasteiger partial charge in [-0.25, -0.2) is 0 Å². The second-order valence-electron chi connectivity index (χ2n) is 4.85. The van der Waals surface area contributed by atoms with Crippen molar-refractivity contribution in [1.82, 2.24) is 9.88 Å². The highest BCUT2D eigenvalue weighted by molar-refractivity contribution is 5.49. The van der Waals surface area contributed by atoms with E-state index in [9.17, 15) is 0 Å². The van der Waals surface area contributed by atoms with Gasteiger partial charge < -0.3 is 14.8 Å². The summed E-state index contributed by atoms with van der Waals surface area (Å²) in [6.45, 7) is 6.47. The molecule has 0 unspecified atom stereocenters. The third-order valence-electron chi connectivity index (χ3n) is 3.49. The Morgan fingerprint density at radius 2 is 1.67 bits per heavy atom. The highest BCUT2D eigenvalue weighted by Crippen LogP contribution is 2.19. The lowest BCUT2D eigenvalue weighted by atomic mass is 10.2. The summed E-state index contributed by atoms with van der Waals surface area (Å²) >= 11 is 0. The minimum absolute atomic E-state index is 1.08. The fraction of sp³-hybridized carbons (Fsp3) is 0.333. The van der Waals surface area contributed by atoms with Crippen molar-refractivity contribution in [3.05, 3.63) is 48.3 Å². The average molecular weight is 241 g/mol. The summed E-state index contributed by atoms with van der Waals surface area (Å²) in [6, 6.07) is 10.8. The van der Waals surface area contributed by atoms with Crippen molar-refractivity contribution in [2.24, 2.45) is 0 Å². The zero-order chi connectivity index (χ0) is 12.4. The van der Waals surface area contributed by atoms with E-state index < -0.39 is 0 Å². The van der Waals surface area contributed by atoms with Crippen LogP contribution in [0.25, 0.3) is 5.69 Å². The summed E-state index contributed by atoms with van der Waals surface area (Å²) in [5, 5.41) is 3.38. The molecule has 1 fully saturated rings. The zero-order valence-corrected chi connectivity index (χ0v) is 10.8. The molecule has 0 saturated carbocycles. The van der Waals surface area contributed by atoms with Crippen molar-refractivity contribution in [1.29, 1.82) is 0 Å². The van der Waals surface area contributed by atoms with Crippen molar-refractivity contribution in [3.8, 4) is 5.69 Å². The van der Waals surface area contributed by atoms with Crippen LogP contribution in [0.2, 0.25) is 0 Å². The van der Waals surface area contributed by atoms with Crippen LogP contribution in [-0.4, -0.2) is 30.7 Å². The molecule has 1 aliphatic rings. The fourth-order valence-corrected chi connectivity index (χ4v) is 2.37. The topological polar surface area (TPSA) is 20.2 Å². The Hall–Kier alpha value is -1.74. The molecule has 1 saturated heterocycles. The molecule has 0 aliphatic carbocycles. The van der Waals surface area contributed by atoms with Crippen LogP contribution in [0.5, 0.6) is 0 Å². The second-order valence-corrected chi connectivity index (χ2v) is 4.85. The first-order chi connectivity index (χ1) is 8.83. The van der Waals surface area contributed by atoms with Gasteiger partial charge in [0.2, 0.25) is 0 Å². The van der Waals surface area contributed by atoms with E-state index in [2.05, 4.69) is 64.4 Å². The van der Waals surface area contributed by atoms with Crippen molar-refractivity contribution in [2.75, 3.05) is 31.1 Å². The molecule has 1 aromatic carbocycles. The first-order valence-electron chi connectivity index (χ1n) is 6.54. The molecule has 0 radical (unpaired) electrons. The predicted octanol–water partition coefficient (Wildman–Crippen LogP) is 2.20. The number of aromatic nitrogens is 1. The average Bonchev–Trinajstić information content (AvgIpc) is 2.90. The Kier molecular flexibility index (Phi) is 3.07. The molecule has 1 aromatic heterocycles. The molecular weight excluding hydrogens is 222 g/mol. The van der Waals surface area contributed by atoms with Crippen molar-refractivity contribution < 1.29 is 0 Å². The fourth-order valence-electron chi connectivity index (χ4n) is 2.37. The summed E-state index contributed by atoms with van der Waals surface area (Å²) in [5.41, 5.74) is 3.84. The molecule has 2 heterocycles. The number of anilines is 1. The molecule has 3 nitrogen and oxygen atoms in total. The molecule has 0 bridgehead atoms. The van der Waals surface area contributed by atoms with E-state index in [1.54, 1.807) is 0 Å². The highest BCUT2D eigenvalue weighted by atomic mass is 15.2. The van der Waals surface area contributed by atoms with Crippen LogP contribution in [-0.2, 0) is 0 Å². The number of aryl methyl sites for hydroxylation is 1. The number of hydrogen-bond acceptors (Lipinski definition) is 2. The van der Waals surface area contributed by atoms with E-state index in [1.165, 1.54) is 16.9 Å². The Balaban J connectivity index is 1.82. The largest absolute Gasteiger partial charge is 0.368 e. The van der Waals surface area contributed by atoms with Crippen LogP contribution in [0.4, 0.5) is 5.69 Å². The van der Waals surface area contributed by atoms with Gasteiger partial charge in [-0.1, -0.05) is 17.7 Å². The normalized spacial score (nSPS) is 15.9. The van der Waals surface area contributed by atoms with Gasteiger partial charge in [-0.2, -0.15) is 0 Å². The second kappa shape index (κ2) is 4.86. The van der Waals surface area contributed by atoms with Gasteiger partial charge in [-0.15, -0.1) is 0 Å². The van der Waals surface area contributed by atoms with Gasteiger partial charge in [0, 0.05) is 44.3 Å². The maximum absolute atomic E-state index is 3.38. The lowest BCUT2D eigenvalue weighted by Crippen LogP contribution is -2.43. The predicted molar refractivity (Wildman–Crippen MR) is 75.6 cm³/mol. The quantitative estimate of drug-likeness (QED) is 0.870. The summed E-state index contributed by atoms with van der Waals surface area (Å²) in [7, 11) is 0. The summed E-state index contributed by atoms with van der Waals surface area (Å²) < 4.78 is 2.19. The zero-order valence-electron chi connectivity index (χ0n) is 10.8. The summed E-state index contributed by atoms with van der Waals surface area (Å²) in [5.74, 6) is 0. The Morgan fingerprint density at radius 1 is 0.944 bits per heavy atom. The molecule has 3 heteroatoms.